The van der Waals surface area contributed by atoms with Crippen LogP contribution in [0.15, 0.2) is 24.3 Å². The molecule has 1 aliphatic rings. The predicted molar refractivity (Wildman–Crippen MR) is 58.6 cm³/mol. The zero-order valence-electron chi connectivity index (χ0n) is 8.57. The molecule has 1 atom stereocenters. The van der Waals surface area contributed by atoms with Crippen LogP contribution in [0.3, 0.4) is 0 Å². The van der Waals surface area contributed by atoms with E-state index in [1.54, 1.807) is 0 Å². The molecule has 0 aliphatic carbocycles. The average Bonchev–Trinajstić information content (AvgIpc) is 2.80. The van der Waals surface area contributed by atoms with E-state index in [0.717, 1.165) is 25.3 Å². The maximum atomic E-state index is 8.64. The molecule has 1 heterocycles. The van der Waals surface area contributed by atoms with Crippen LogP contribution in [-0.2, 0) is 4.74 Å². The van der Waals surface area contributed by atoms with Gasteiger partial charge < -0.3 is 10.1 Å². The molecule has 78 valence electrons. The van der Waals surface area contributed by atoms with E-state index in [-0.39, 0.29) is 0 Å². The number of ether oxygens (including phenoxy) is 1. The summed E-state index contributed by atoms with van der Waals surface area (Å²) in [4.78, 5) is 0. The molecule has 1 fully saturated rings. The second kappa shape index (κ2) is 4.81. The summed E-state index contributed by atoms with van der Waals surface area (Å²) in [5, 5.41) is 11.9. The minimum Gasteiger partial charge on any atom is -0.382 e. The fraction of sp³-hybridized carbons (Fsp3) is 0.417. The Kier molecular flexibility index (Phi) is 3.21. The first-order chi connectivity index (χ1) is 7.38. The highest BCUT2D eigenvalue weighted by Gasteiger charge is 2.14. The molecule has 0 aromatic heterocycles. The predicted octanol–water partition coefficient (Wildman–Crippen LogP) is 2.15. The van der Waals surface area contributed by atoms with Gasteiger partial charge in [0.05, 0.1) is 17.7 Å². The minimum atomic E-state index is 0.348. The fourth-order valence-corrected chi connectivity index (χ4v) is 1.70. The van der Waals surface area contributed by atoms with Gasteiger partial charge in [-0.3, -0.25) is 0 Å². The van der Waals surface area contributed by atoms with Crippen LogP contribution in [0.25, 0.3) is 0 Å². The SMILES string of the molecule is N#Cc1ccc(NC[C@H]2CCCO2)cc1. The van der Waals surface area contributed by atoms with Crippen LogP contribution in [0.2, 0.25) is 0 Å². The molecule has 2 rings (SSSR count). The van der Waals surface area contributed by atoms with Crippen molar-refractivity contribution in [2.75, 3.05) is 18.5 Å². The maximum Gasteiger partial charge on any atom is 0.0991 e. The third kappa shape index (κ3) is 2.71. The standard InChI is InChI=1S/C12H14N2O/c13-8-10-3-5-11(6-4-10)14-9-12-2-1-7-15-12/h3-6,12,14H,1-2,7,9H2/t12-/m1/s1. The first-order valence-electron chi connectivity index (χ1n) is 5.24. The first kappa shape index (κ1) is 10.0. The molecule has 15 heavy (non-hydrogen) atoms. The Morgan fingerprint density at radius 1 is 1.40 bits per heavy atom. The largest absolute Gasteiger partial charge is 0.382 e. The van der Waals surface area contributed by atoms with Gasteiger partial charge in [-0.25, -0.2) is 0 Å². The number of nitrogens with one attached hydrogen (secondary N) is 1. The van der Waals surface area contributed by atoms with Crippen molar-refractivity contribution in [2.24, 2.45) is 0 Å². The number of anilines is 1. The third-order valence-corrected chi connectivity index (χ3v) is 2.57. The molecular weight excluding hydrogens is 188 g/mol. The first-order valence-corrected chi connectivity index (χ1v) is 5.24. The van der Waals surface area contributed by atoms with Crippen molar-refractivity contribution in [2.45, 2.75) is 18.9 Å². The van der Waals surface area contributed by atoms with Crippen molar-refractivity contribution in [3.63, 3.8) is 0 Å². The Morgan fingerprint density at radius 3 is 2.80 bits per heavy atom. The van der Waals surface area contributed by atoms with Gasteiger partial charge in [-0.2, -0.15) is 5.26 Å². The molecule has 1 N–H and O–H groups in total. The van der Waals surface area contributed by atoms with Gasteiger partial charge in [0.25, 0.3) is 0 Å². The molecule has 0 spiro atoms. The number of hydrogen-bond donors (Lipinski definition) is 1. The van der Waals surface area contributed by atoms with Gasteiger partial charge in [0.1, 0.15) is 0 Å². The second-order valence-electron chi connectivity index (χ2n) is 3.71. The smallest absolute Gasteiger partial charge is 0.0991 e. The molecule has 1 aliphatic heterocycles. The maximum absolute atomic E-state index is 8.64. The lowest BCUT2D eigenvalue weighted by atomic mass is 10.2. The highest BCUT2D eigenvalue weighted by atomic mass is 16.5. The molecule has 0 unspecified atom stereocenters. The van der Waals surface area contributed by atoms with Crippen molar-refractivity contribution in [3.8, 4) is 6.07 Å². The Bertz CT molecular complexity index is 347. The van der Waals surface area contributed by atoms with E-state index in [1.165, 1.54) is 6.42 Å². The van der Waals surface area contributed by atoms with Gasteiger partial charge in [0, 0.05) is 18.8 Å². The summed E-state index contributed by atoms with van der Waals surface area (Å²) in [6.45, 7) is 1.74. The lowest BCUT2D eigenvalue weighted by Crippen LogP contribution is -2.18. The highest BCUT2D eigenvalue weighted by Crippen LogP contribution is 2.14. The number of nitriles is 1. The van der Waals surface area contributed by atoms with Crippen LogP contribution < -0.4 is 5.32 Å². The van der Waals surface area contributed by atoms with Crippen molar-refractivity contribution in [3.05, 3.63) is 29.8 Å². The Morgan fingerprint density at radius 2 is 2.20 bits per heavy atom. The summed E-state index contributed by atoms with van der Waals surface area (Å²) in [5.41, 5.74) is 1.74. The molecule has 0 radical (unpaired) electrons. The number of rotatable bonds is 3. The zero-order valence-corrected chi connectivity index (χ0v) is 8.57. The molecule has 0 saturated carbocycles. The summed E-state index contributed by atoms with van der Waals surface area (Å²) in [6, 6.07) is 9.58. The third-order valence-electron chi connectivity index (χ3n) is 2.57. The van der Waals surface area contributed by atoms with Gasteiger partial charge in [0.15, 0.2) is 0 Å². The number of nitrogens with zero attached hydrogens (tertiary/aromatic N) is 1. The lowest BCUT2D eigenvalue weighted by Gasteiger charge is -2.11. The van der Waals surface area contributed by atoms with Gasteiger partial charge in [-0.15, -0.1) is 0 Å². The van der Waals surface area contributed by atoms with E-state index < -0.39 is 0 Å². The van der Waals surface area contributed by atoms with E-state index in [2.05, 4.69) is 11.4 Å². The van der Waals surface area contributed by atoms with Gasteiger partial charge in [-0.05, 0) is 37.1 Å². The minimum absolute atomic E-state index is 0.348. The topological polar surface area (TPSA) is 45.0 Å². The highest BCUT2D eigenvalue weighted by molar-refractivity contribution is 5.47. The van der Waals surface area contributed by atoms with Crippen molar-refractivity contribution in [1.29, 1.82) is 5.26 Å². The summed E-state index contributed by atoms with van der Waals surface area (Å²) in [6.07, 6.45) is 2.66. The van der Waals surface area contributed by atoms with E-state index in [4.69, 9.17) is 10.00 Å². The molecule has 1 aromatic carbocycles. The Labute approximate surface area is 89.7 Å². The molecule has 3 heteroatoms. The molecule has 3 nitrogen and oxygen atoms in total. The van der Waals surface area contributed by atoms with Crippen LogP contribution in [0.1, 0.15) is 18.4 Å². The molecule has 1 saturated heterocycles. The number of benzene rings is 1. The number of hydrogen-bond acceptors (Lipinski definition) is 3. The summed E-state index contributed by atoms with van der Waals surface area (Å²) < 4.78 is 5.50. The van der Waals surface area contributed by atoms with Gasteiger partial charge in [-0.1, -0.05) is 0 Å². The summed E-state index contributed by atoms with van der Waals surface area (Å²) in [5.74, 6) is 0. The van der Waals surface area contributed by atoms with Crippen LogP contribution in [0.5, 0.6) is 0 Å². The zero-order chi connectivity index (χ0) is 10.5. The van der Waals surface area contributed by atoms with E-state index >= 15 is 0 Å². The van der Waals surface area contributed by atoms with Crippen LogP contribution in [0.4, 0.5) is 5.69 Å². The summed E-state index contributed by atoms with van der Waals surface area (Å²) >= 11 is 0. The van der Waals surface area contributed by atoms with Gasteiger partial charge in [0.2, 0.25) is 0 Å². The monoisotopic (exact) mass is 202 g/mol. The van der Waals surface area contributed by atoms with E-state index in [1.807, 2.05) is 24.3 Å². The van der Waals surface area contributed by atoms with Crippen LogP contribution in [0, 0.1) is 11.3 Å². The molecule has 0 amide bonds. The Balaban J connectivity index is 1.85. The van der Waals surface area contributed by atoms with Crippen LogP contribution >= 0.6 is 0 Å². The van der Waals surface area contributed by atoms with Crippen LogP contribution in [-0.4, -0.2) is 19.3 Å². The van der Waals surface area contributed by atoms with Crippen molar-refractivity contribution < 1.29 is 4.74 Å². The van der Waals surface area contributed by atoms with E-state index in [9.17, 15) is 0 Å². The molecule has 0 bridgehead atoms. The van der Waals surface area contributed by atoms with Gasteiger partial charge >= 0.3 is 0 Å². The molecular formula is C12H14N2O. The lowest BCUT2D eigenvalue weighted by molar-refractivity contribution is 0.120. The van der Waals surface area contributed by atoms with Crippen molar-refractivity contribution in [1.82, 2.24) is 0 Å². The quantitative estimate of drug-likeness (QED) is 0.816. The normalized spacial score (nSPS) is 19.8. The fourth-order valence-electron chi connectivity index (χ4n) is 1.70. The van der Waals surface area contributed by atoms with E-state index in [0.29, 0.717) is 11.7 Å². The average molecular weight is 202 g/mol. The second-order valence-corrected chi connectivity index (χ2v) is 3.71. The van der Waals surface area contributed by atoms with Crippen molar-refractivity contribution >= 4 is 5.69 Å². The summed E-state index contributed by atoms with van der Waals surface area (Å²) in [7, 11) is 0. The molecule has 1 aromatic rings. The Hall–Kier alpha value is -1.53.